The summed E-state index contributed by atoms with van der Waals surface area (Å²) < 4.78 is 34.8. The maximum Gasteiger partial charge on any atom is 0.403 e. The molecule has 10 heavy (non-hydrogen) atoms. The molecule has 0 heterocycles. The van der Waals surface area contributed by atoms with Crippen LogP contribution in [0.1, 0.15) is 12.8 Å². The summed E-state index contributed by atoms with van der Waals surface area (Å²) >= 11 is 0. The lowest BCUT2D eigenvalue weighted by molar-refractivity contribution is -0.151. The molecule has 1 aliphatic rings. The summed E-state index contributed by atoms with van der Waals surface area (Å²) in [5, 5.41) is 0. The van der Waals surface area contributed by atoms with E-state index in [0.717, 1.165) is 0 Å². The van der Waals surface area contributed by atoms with Crippen LogP contribution in [-0.2, 0) is 0 Å². The second-order valence-corrected chi connectivity index (χ2v) is 2.40. The van der Waals surface area contributed by atoms with Gasteiger partial charge >= 0.3 is 6.18 Å². The van der Waals surface area contributed by atoms with E-state index in [1.807, 2.05) is 0 Å². The van der Waals surface area contributed by atoms with Crippen LogP contribution in [0.2, 0.25) is 0 Å². The minimum atomic E-state index is -4.18. The predicted octanol–water partition coefficient (Wildman–Crippen LogP) is 1.71. The summed E-state index contributed by atoms with van der Waals surface area (Å²) in [6.07, 6.45) is -2.90. The smallest absolute Gasteiger partial charge is 0.320 e. The summed E-state index contributed by atoms with van der Waals surface area (Å²) in [6, 6.07) is -1.57. The van der Waals surface area contributed by atoms with Gasteiger partial charge in [-0.2, -0.15) is 13.2 Å². The summed E-state index contributed by atoms with van der Waals surface area (Å²) in [5.41, 5.74) is 4.83. The van der Waals surface area contributed by atoms with Crippen molar-refractivity contribution in [3.8, 4) is 0 Å². The predicted molar refractivity (Wildman–Crippen MR) is 34.0 cm³/mol. The topological polar surface area (TPSA) is 26.0 Å². The molecule has 0 bridgehead atoms. The molecule has 0 spiro atoms. The number of halogens is 4. The van der Waals surface area contributed by atoms with Gasteiger partial charge in [-0.25, -0.2) is 0 Å². The lowest BCUT2D eigenvalue weighted by Gasteiger charge is -2.13. The van der Waals surface area contributed by atoms with Gasteiger partial charge in [-0.05, 0) is 18.8 Å². The SMILES string of the molecule is Cl.N[C@@H](C1CC1)C(F)(F)F. The monoisotopic (exact) mass is 175 g/mol. The lowest BCUT2D eigenvalue weighted by atomic mass is 10.2. The molecule has 0 radical (unpaired) electrons. The van der Waals surface area contributed by atoms with Gasteiger partial charge in [0, 0.05) is 0 Å². The van der Waals surface area contributed by atoms with Gasteiger partial charge < -0.3 is 5.73 Å². The van der Waals surface area contributed by atoms with Crippen LogP contribution in [0.15, 0.2) is 0 Å². The van der Waals surface area contributed by atoms with Crippen LogP contribution in [-0.4, -0.2) is 12.2 Å². The van der Waals surface area contributed by atoms with Gasteiger partial charge in [-0.3, -0.25) is 0 Å². The van der Waals surface area contributed by atoms with Gasteiger partial charge in [0.2, 0.25) is 0 Å². The Bertz CT molecular complexity index is 110. The molecular formula is C5H9ClF3N. The Labute approximate surface area is 63.2 Å². The van der Waals surface area contributed by atoms with Crippen molar-refractivity contribution in [1.29, 1.82) is 0 Å². The third-order valence-corrected chi connectivity index (χ3v) is 1.51. The van der Waals surface area contributed by atoms with Gasteiger partial charge in [0.05, 0.1) is 0 Å². The van der Waals surface area contributed by atoms with Crippen LogP contribution < -0.4 is 5.73 Å². The molecule has 1 nitrogen and oxygen atoms in total. The highest BCUT2D eigenvalue weighted by Gasteiger charge is 2.46. The van der Waals surface area contributed by atoms with Crippen molar-refractivity contribution in [3.63, 3.8) is 0 Å². The molecule has 0 amide bonds. The Morgan fingerprint density at radius 1 is 1.30 bits per heavy atom. The van der Waals surface area contributed by atoms with Crippen molar-refractivity contribution >= 4 is 12.4 Å². The van der Waals surface area contributed by atoms with Gasteiger partial charge in [0.1, 0.15) is 6.04 Å². The molecule has 2 N–H and O–H groups in total. The van der Waals surface area contributed by atoms with E-state index < -0.39 is 12.2 Å². The van der Waals surface area contributed by atoms with Crippen molar-refractivity contribution < 1.29 is 13.2 Å². The summed E-state index contributed by atoms with van der Waals surface area (Å²) in [6.45, 7) is 0. The van der Waals surface area contributed by atoms with E-state index in [1.165, 1.54) is 0 Å². The Morgan fingerprint density at radius 3 is 1.80 bits per heavy atom. The van der Waals surface area contributed by atoms with E-state index >= 15 is 0 Å². The summed E-state index contributed by atoms with van der Waals surface area (Å²) in [7, 11) is 0. The number of nitrogens with two attached hydrogens (primary N) is 1. The number of alkyl halides is 3. The minimum absolute atomic E-state index is 0. The molecule has 5 heteroatoms. The molecule has 1 saturated carbocycles. The van der Waals surface area contributed by atoms with E-state index in [0.29, 0.717) is 12.8 Å². The molecule has 1 aliphatic carbocycles. The highest BCUT2D eigenvalue weighted by atomic mass is 35.5. The molecule has 0 aromatic heterocycles. The zero-order chi connectivity index (χ0) is 7.07. The molecule has 1 fully saturated rings. The van der Waals surface area contributed by atoms with E-state index in [9.17, 15) is 13.2 Å². The Morgan fingerprint density at radius 2 is 1.70 bits per heavy atom. The van der Waals surface area contributed by atoms with Crippen molar-refractivity contribution in [2.45, 2.75) is 25.1 Å². The third kappa shape index (κ3) is 2.34. The van der Waals surface area contributed by atoms with Gasteiger partial charge in [-0.15, -0.1) is 12.4 Å². The lowest BCUT2D eigenvalue weighted by Crippen LogP contribution is -2.38. The fourth-order valence-electron chi connectivity index (χ4n) is 0.723. The standard InChI is InChI=1S/C5H8F3N.ClH/c6-5(7,8)4(9)3-1-2-3;/h3-4H,1-2,9H2;1H/t4-;/m0./s1. The molecule has 0 aromatic rings. The molecule has 0 aliphatic heterocycles. The van der Waals surface area contributed by atoms with Crippen molar-refractivity contribution in [2.75, 3.05) is 0 Å². The Kier molecular flexibility index (Phi) is 2.98. The Balaban J connectivity index is 0.000000810. The molecule has 1 rings (SSSR count). The van der Waals surface area contributed by atoms with Crippen LogP contribution in [0.25, 0.3) is 0 Å². The fraction of sp³-hybridized carbons (Fsp3) is 1.00. The van der Waals surface area contributed by atoms with Crippen molar-refractivity contribution in [2.24, 2.45) is 11.7 Å². The molecule has 0 saturated heterocycles. The number of hydrogen-bond acceptors (Lipinski definition) is 1. The Hall–Kier alpha value is 0.0400. The first-order valence-electron chi connectivity index (χ1n) is 2.84. The highest BCUT2D eigenvalue weighted by molar-refractivity contribution is 5.85. The third-order valence-electron chi connectivity index (χ3n) is 1.51. The van der Waals surface area contributed by atoms with Crippen molar-refractivity contribution in [1.82, 2.24) is 0 Å². The van der Waals surface area contributed by atoms with Crippen LogP contribution in [0.5, 0.6) is 0 Å². The molecule has 1 atom stereocenters. The first kappa shape index (κ1) is 10.0. The summed E-state index contributed by atoms with van der Waals surface area (Å²) in [5.74, 6) is -0.287. The second-order valence-electron chi connectivity index (χ2n) is 2.40. The van der Waals surface area contributed by atoms with Crippen LogP contribution in [0, 0.1) is 5.92 Å². The number of rotatable bonds is 1. The molecule has 0 aromatic carbocycles. The first-order chi connectivity index (χ1) is 4.02. The van der Waals surface area contributed by atoms with Gasteiger partial charge in [-0.1, -0.05) is 0 Å². The average molecular weight is 176 g/mol. The van der Waals surface area contributed by atoms with Gasteiger partial charge in [0.15, 0.2) is 0 Å². The van der Waals surface area contributed by atoms with Crippen LogP contribution in [0.4, 0.5) is 13.2 Å². The normalized spacial score (nSPS) is 21.6. The van der Waals surface area contributed by atoms with Crippen LogP contribution in [0.3, 0.4) is 0 Å². The quantitative estimate of drug-likeness (QED) is 0.645. The van der Waals surface area contributed by atoms with E-state index in [4.69, 9.17) is 5.73 Å². The fourth-order valence-corrected chi connectivity index (χ4v) is 0.723. The largest absolute Gasteiger partial charge is 0.403 e. The molecule has 0 unspecified atom stereocenters. The highest BCUT2D eigenvalue weighted by Crippen LogP contribution is 2.38. The first-order valence-corrected chi connectivity index (χ1v) is 2.84. The molecule has 62 valence electrons. The zero-order valence-electron chi connectivity index (χ0n) is 5.19. The van der Waals surface area contributed by atoms with Gasteiger partial charge in [0.25, 0.3) is 0 Å². The van der Waals surface area contributed by atoms with Crippen LogP contribution >= 0.6 is 12.4 Å². The van der Waals surface area contributed by atoms with E-state index in [2.05, 4.69) is 0 Å². The maximum absolute atomic E-state index is 11.6. The van der Waals surface area contributed by atoms with Crippen molar-refractivity contribution in [3.05, 3.63) is 0 Å². The maximum atomic E-state index is 11.6. The summed E-state index contributed by atoms with van der Waals surface area (Å²) in [4.78, 5) is 0. The van der Waals surface area contributed by atoms with E-state index in [1.54, 1.807) is 0 Å². The molecular weight excluding hydrogens is 167 g/mol. The zero-order valence-corrected chi connectivity index (χ0v) is 6.00. The average Bonchev–Trinajstić information content (AvgIpc) is 2.40. The second kappa shape index (κ2) is 2.96. The van der Waals surface area contributed by atoms with E-state index in [-0.39, 0.29) is 18.3 Å². The number of hydrogen-bond donors (Lipinski definition) is 1. The minimum Gasteiger partial charge on any atom is -0.320 e.